The summed E-state index contributed by atoms with van der Waals surface area (Å²) in [6, 6.07) is 6.53. The van der Waals surface area contributed by atoms with Crippen LogP contribution in [0.4, 0.5) is 10.1 Å². The van der Waals surface area contributed by atoms with E-state index in [-0.39, 0.29) is 17.8 Å². The summed E-state index contributed by atoms with van der Waals surface area (Å²) >= 11 is 0. The number of anilines is 1. The molecule has 1 aromatic rings. The quantitative estimate of drug-likeness (QED) is 0.740. The smallest absolute Gasteiger partial charge is 0.244 e. The molecule has 3 heterocycles. The number of benzene rings is 1. The van der Waals surface area contributed by atoms with Gasteiger partial charge in [0.2, 0.25) is 5.91 Å². The van der Waals surface area contributed by atoms with Gasteiger partial charge in [0.05, 0.1) is 6.04 Å². The molecule has 1 aromatic carbocycles. The molecule has 4 rings (SSSR count). The highest BCUT2D eigenvalue weighted by atomic mass is 19.1. The topological polar surface area (TPSA) is 32.3 Å². The third-order valence-corrected chi connectivity index (χ3v) is 3.04. The van der Waals surface area contributed by atoms with Crippen LogP contribution in [0.25, 0.3) is 0 Å². The first kappa shape index (κ1) is 8.85. The molecule has 1 N–H and O–H groups in total. The van der Waals surface area contributed by atoms with Crippen LogP contribution in [0.1, 0.15) is 6.42 Å². The van der Waals surface area contributed by atoms with Gasteiger partial charge < -0.3 is 10.2 Å². The second kappa shape index (κ2) is 3.03. The lowest BCUT2D eigenvalue weighted by Crippen LogP contribution is -2.70. The van der Waals surface area contributed by atoms with Crippen molar-refractivity contribution in [3.63, 3.8) is 0 Å². The van der Waals surface area contributed by atoms with Crippen LogP contribution < -0.4 is 10.2 Å². The van der Waals surface area contributed by atoms with Crippen molar-refractivity contribution >= 4 is 11.6 Å². The van der Waals surface area contributed by atoms with Gasteiger partial charge in [-0.2, -0.15) is 0 Å². The number of halogens is 1. The average molecular weight is 206 g/mol. The van der Waals surface area contributed by atoms with Gasteiger partial charge in [-0.15, -0.1) is 0 Å². The molecule has 3 nitrogen and oxygen atoms in total. The number of amides is 1. The van der Waals surface area contributed by atoms with E-state index in [1.54, 1.807) is 17.0 Å². The summed E-state index contributed by atoms with van der Waals surface area (Å²) in [5.74, 6) is -0.240. The van der Waals surface area contributed by atoms with Gasteiger partial charge in [0.25, 0.3) is 0 Å². The van der Waals surface area contributed by atoms with E-state index in [0.29, 0.717) is 18.3 Å². The Morgan fingerprint density at radius 2 is 2.27 bits per heavy atom. The molecule has 2 bridgehead atoms. The zero-order chi connectivity index (χ0) is 10.4. The van der Waals surface area contributed by atoms with Crippen LogP contribution in [0.3, 0.4) is 0 Å². The first-order valence-corrected chi connectivity index (χ1v) is 5.07. The summed E-state index contributed by atoms with van der Waals surface area (Å²) in [5, 5.41) is 3.16. The largest absolute Gasteiger partial charge is 0.309 e. The minimum atomic E-state index is -0.299. The minimum Gasteiger partial charge on any atom is -0.309 e. The second-order valence-corrected chi connectivity index (χ2v) is 4.08. The first-order valence-electron chi connectivity index (χ1n) is 5.07. The number of piperazine rings is 1. The summed E-state index contributed by atoms with van der Waals surface area (Å²) in [6.45, 7) is 0.652. The summed E-state index contributed by atoms with van der Waals surface area (Å²) in [7, 11) is 0. The average Bonchev–Trinajstić information content (AvgIpc) is 2.16. The second-order valence-electron chi connectivity index (χ2n) is 4.08. The zero-order valence-corrected chi connectivity index (χ0v) is 8.11. The van der Waals surface area contributed by atoms with E-state index in [4.69, 9.17) is 0 Å². The van der Waals surface area contributed by atoms with Crippen molar-refractivity contribution in [2.45, 2.75) is 18.5 Å². The Bertz CT molecular complexity index is 415. The molecule has 3 aliphatic rings. The Morgan fingerprint density at radius 1 is 1.47 bits per heavy atom. The highest BCUT2D eigenvalue weighted by molar-refractivity contribution is 5.99. The predicted molar refractivity (Wildman–Crippen MR) is 54.1 cm³/mol. The Labute approximate surface area is 86.9 Å². The molecule has 0 spiro atoms. The molecule has 78 valence electrons. The van der Waals surface area contributed by atoms with E-state index in [1.807, 2.05) is 0 Å². The molecule has 1 amide bonds. The molecule has 3 saturated heterocycles. The van der Waals surface area contributed by atoms with Gasteiger partial charge in [0.1, 0.15) is 5.82 Å². The minimum absolute atomic E-state index is 0.0491. The Hall–Kier alpha value is -1.42. The molecule has 0 aromatic heterocycles. The normalized spacial score (nSPS) is 28.9. The number of hydrogen-bond acceptors (Lipinski definition) is 2. The maximum atomic E-state index is 13.0. The van der Waals surface area contributed by atoms with Crippen LogP contribution in [0, 0.1) is 5.82 Å². The van der Waals surface area contributed by atoms with Gasteiger partial charge in [0.15, 0.2) is 0 Å². The summed E-state index contributed by atoms with van der Waals surface area (Å²) < 4.78 is 13.0. The number of hydrogen-bond donors (Lipinski definition) is 1. The monoisotopic (exact) mass is 206 g/mol. The van der Waals surface area contributed by atoms with Crippen LogP contribution in [0.2, 0.25) is 0 Å². The number of nitrogens with zero attached hydrogens (tertiary/aromatic N) is 1. The van der Waals surface area contributed by atoms with Crippen molar-refractivity contribution in [3.05, 3.63) is 30.1 Å². The lowest BCUT2D eigenvalue weighted by Gasteiger charge is -2.47. The van der Waals surface area contributed by atoms with Crippen molar-refractivity contribution in [2.24, 2.45) is 0 Å². The predicted octanol–water partition coefficient (Wildman–Crippen LogP) is 0.903. The van der Waals surface area contributed by atoms with Crippen molar-refractivity contribution in [1.29, 1.82) is 0 Å². The molecule has 0 radical (unpaired) electrons. The first-order chi connectivity index (χ1) is 7.24. The summed E-state index contributed by atoms with van der Waals surface area (Å²) in [5.41, 5.74) is 0.663. The maximum Gasteiger partial charge on any atom is 0.244 e. The van der Waals surface area contributed by atoms with Crippen LogP contribution in [0.5, 0.6) is 0 Å². The molecule has 0 saturated carbocycles. The third-order valence-electron chi connectivity index (χ3n) is 3.04. The zero-order valence-electron chi connectivity index (χ0n) is 8.11. The number of rotatable bonds is 1. The number of piperidine rings is 1. The van der Waals surface area contributed by atoms with Gasteiger partial charge in [-0.05, 0) is 24.6 Å². The Balaban J connectivity index is 1.91. The summed E-state index contributed by atoms with van der Waals surface area (Å²) in [6.07, 6.45) is 0.921. The van der Waals surface area contributed by atoms with E-state index >= 15 is 0 Å². The SMILES string of the molecule is O=C1C2CC(CN1c1cccc(F)c1)N2. The van der Waals surface area contributed by atoms with E-state index < -0.39 is 0 Å². The lowest BCUT2D eigenvalue weighted by molar-refractivity contribution is -0.125. The van der Waals surface area contributed by atoms with Gasteiger partial charge in [-0.3, -0.25) is 4.79 Å². The van der Waals surface area contributed by atoms with Crippen LogP contribution in [-0.2, 0) is 4.79 Å². The number of nitrogens with one attached hydrogen (secondary N) is 1. The Morgan fingerprint density at radius 3 is 2.93 bits per heavy atom. The molecule has 3 fully saturated rings. The number of carbonyl (C=O) groups excluding carboxylic acids is 1. The highest BCUT2D eigenvalue weighted by Crippen LogP contribution is 2.27. The fourth-order valence-corrected chi connectivity index (χ4v) is 2.22. The molecule has 15 heavy (non-hydrogen) atoms. The Kier molecular flexibility index (Phi) is 1.79. The van der Waals surface area contributed by atoms with E-state index in [1.165, 1.54) is 12.1 Å². The molecular formula is C11H11FN2O. The lowest BCUT2D eigenvalue weighted by atomic mass is 9.90. The highest BCUT2D eigenvalue weighted by Gasteiger charge is 2.43. The molecule has 3 aliphatic heterocycles. The number of fused-ring (bicyclic) bond motifs is 2. The fraction of sp³-hybridized carbons (Fsp3) is 0.364. The third kappa shape index (κ3) is 1.33. The van der Waals surface area contributed by atoms with Gasteiger partial charge in [-0.1, -0.05) is 6.07 Å². The fourth-order valence-electron chi connectivity index (χ4n) is 2.22. The van der Waals surface area contributed by atoms with E-state index in [0.717, 1.165) is 6.42 Å². The van der Waals surface area contributed by atoms with Crippen molar-refractivity contribution in [2.75, 3.05) is 11.4 Å². The van der Waals surface area contributed by atoms with E-state index in [9.17, 15) is 9.18 Å². The summed E-state index contributed by atoms with van der Waals surface area (Å²) in [4.78, 5) is 13.5. The van der Waals surface area contributed by atoms with E-state index in [2.05, 4.69) is 5.32 Å². The molecular weight excluding hydrogens is 195 g/mol. The molecule has 2 atom stereocenters. The molecule has 2 unspecified atom stereocenters. The van der Waals surface area contributed by atoms with Crippen LogP contribution in [0.15, 0.2) is 24.3 Å². The van der Waals surface area contributed by atoms with Crippen LogP contribution >= 0.6 is 0 Å². The maximum absolute atomic E-state index is 13.0. The van der Waals surface area contributed by atoms with Crippen molar-refractivity contribution in [1.82, 2.24) is 5.32 Å². The van der Waals surface area contributed by atoms with Crippen LogP contribution in [-0.4, -0.2) is 24.5 Å². The molecule has 0 aliphatic carbocycles. The van der Waals surface area contributed by atoms with Gasteiger partial charge in [-0.25, -0.2) is 4.39 Å². The van der Waals surface area contributed by atoms with Crippen molar-refractivity contribution < 1.29 is 9.18 Å². The van der Waals surface area contributed by atoms with Gasteiger partial charge in [0, 0.05) is 18.3 Å². The molecule has 4 heteroatoms. The standard InChI is InChI=1S/C11H11FN2O/c12-7-2-1-3-9(4-7)14-6-8-5-10(13-8)11(14)15/h1-4,8,10,13H,5-6H2. The van der Waals surface area contributed by atoms with Gasteiger partial charge >= 0.3 is 0 Å². The number of carbonyl (C=O) groups is 1. The van der Waals surface area contributed by atoms with Crippen molar-refractivity contribution in [3.8, 4) is 0 Å².